The van der Waals surface area contributed by atoms with Crippen molar-refractivity contribution in [1.82, 2.24) is 0 Å². The van der Waals surface area contributed by atoms with Crippen LogP contribution in [0.3, 0.4) is 0 Å². The zero-order valence-corrected chi connectivity index (χ0v) is 19.7. The van der Waals surface area contributed by atoms with E-state index >= 15 is 0 Å². The van der Waals surface area contributed by atoms with Crippen molar-refractivity contribution in [3.8, 4) is 5.75 Å². The lowest BCUT2D eigenvalue weighted by Gasteiger charge is -2.33. The summed E-state index contributed by atoms with van der Waals surface area (Å²) in [4.78, 5) is 24.1. The van der Waals surface area contributed by atoms with Gasteiger partial charge in [0, 0.05) is 17.8 Å². The monoisotopic (exact) mass is 501 g/mol. The van der Waals surface area contributed by atoms with Crippen LogP contribution < -0.4 is 9.64 Å². The second kappa shape index (κ2) is 9.87. The number of hydrogen-bond acceptors (Lipinski definition) is 6. The normalized spacial score (nSPS) is 17.6. The van der Waals surface area contributed by atoms with Gasteiger partial charge in [0.15, 0.2) is 0 Å². The fraction of sp³-hybridized carbons (Fsp3) is 0.250. The molecule has 10 heteroatoms. The lowest BCUT2D eigenvalue weighted by atomic mass is 10.0. The molecule has 176 valence electrons. The van der Waals surface area contributed by atoms with Crippen LogP contribution in [0.2, 0.25) is 10.0 Å². The van der Waals surface area contributed by atoms with Crippen LogP contribution in [0.25, 0.3) is 0 Å². The Balaban J connectivity index is 1.80. The van der Waals surface area contributed by atoms with E-state index in [0.29, 0.717) is 19.4 Å². The summed E-state index contributed by atoms with van der Waals surface area (Å²) in [6.07, 6.45) is 1.38. The van der Waals surface area contributed by atoms with Gasteiger partial charge < -0.3 is 9.64 Å². The molecular formula is C24H21Cl2N3O5. The summed E-state index contributed by atoms with van der Waals surface area (Å²) in [7, 11) is 0. The number of halogens is 2. The Kier molecular flexibility index (Phi) is 6.90. The van der Waals surface area contributed by atoms with Crippen molar-refractivity contribution >= 4 is 40.3 Å². The van der Waals surface area contributed by atoms with Gasteiger partial charge in [0.1, 0.15) is 15.8 Å². The quantitative estimate of drug-likeness (QED) is 0.249. The Hall–Kier alpha value is -3.36. The fourth-order valence-corrected chi connectivity index (χ4v) is 4.83. The molecule has 0 spiro atoms. The van der Waals surface area contributed by atoms with Crippen LogP contribution in [0.5, 0.6) is 5.75 Å². The lowest BCUT2D eigenvalue weighted by molar-refractivity contribution is -0.384. The first-order valence-corrected chi connectivity index (χ1v) is 11.4. The summed E-state index contributed by atoms with van der Waals surface area (Å²) in [6.45, 7) is 2.44. The van der Waals surface area contributed by atoms with Gasteiger partial charge in [-0.25, -0.2) is 0 Å². The molecule has 1 aliphatic heterocycles. The predicted octanol–water partition coefficient (Wildman–Crippen LogP) is 7.29. The van der Waals surface area contributed by atoms with E-state index < -0.39 is 9.85 Å². The van der Waals surface area contributed by atoms with Gasteiger partial charge in [-0.2, -0.15) is 0 Å². The number of nitro groups is 2. The van der Waals surface area contributed by atoms with E-state index in [2.05, 4.69) is 4.90 Å². The van der Waals surface area contributed by atoms with Gasteiger partial charge in [0.25, 0.3) is 11.4 Å². The minimum atomic E-state index is -0.498. The standard InChI is InChI=1S/C24H21Cl2N3O5/c1-2-34-18-7-5-17(6-8-18)27-21(15-3-9-19(25)23(13-15)28(30)31)11-12-22(27)16-4-10-20(26)24(14-16)29(32)33/h3-10,13-14,21-22H,2,11-12H2,1H3/t21-,22-/m1/s1. The molecule has 0 aromatic heterocycles. The molecule has 1 fully saturated rings. The minimum Gasteiger partial charge on any atom is -0.494 e. The molecule has 0 saturated carbocycles. The van der Waals surface area contributed by atoms with Crippen LogP contribution in [-0.4, -0.2) is 16.5 Å². The summed E-state index contributed by atoms with van der Waals surface area (Å²) in [5, 5.41) is 23.1. The molecule has 0 amide bonds. The van der Waals surface area contributed by atoms with Crippen molar-refractivity contribution in [2.24, 2.45) is 0 Å². The van der Waals surface area contributed by atoms with Crippen molar-refractivity contribution in [1.29, 1.82) is 0 Å². The minimum absolute atomic E-state index is 0.0734. The third-order valence-electron chi connectivity index (χ3n) is 5.93. The molecule has 0 radical (unpaired) electrons. The average molecular weight is 502 g/mol. The number of rotatable bonds is 7. The highest BCUT2D eigenvalue weighted by Crippen LogP contribution is 2.48. The molecule has 3 aromatic carbocycles. The molecule has 1 aliphatic rings. The van der Waals surface area contributed by atoms with E-state index in [9.17, 15) is 20.2 Å². The lowest BCUT2D eigenvalue weighted by Crippen LogP contribution is -2.26. The van der Waals surface area contributed by atoms with Gasteiger partial charge in [-0.05, 0) is 67.3 Å². The molecule has 2 atom stereocenters. The Morgan fingerprint density at radius 1 is 0.853 bits per heavy atom. The molecule has 8 nitrogen and oxygen atoms in total. The van der Waals surface area contributed by atoms with Crippen LogP contribution >= 0.6 is 23.2 Å². The largest absolute Gasteiger partial charge is 0.494 e. The molecular weight excluding hydrogens is 481 g/mol. The molecule has 0 aliphatic carbocycles. The maximum Gasteiger partial charge on any atom is 0.288 e. The van der Waals surface area contributed by atoms with Gasteiger partial charge in [-0.3, -0.25) is 20.2 Å². The Morgan fingerprint density at radius 3 is 1.74 bits per heavy atom. The van der Waals surface area contributed by atoms with Crippen molar-refractivity contribution in [3.63, 3.8) is 0 Å². The highest BCUT2D eigenvalue weighted by Gasteiger charge is 2.37. The van der Waals surface area contributed by atoms with E-state index in [-0.39, 0.29) is 33.5 Å². The molecule has 0 unspecified atom stereocenters. The number of anilines is 1. The van der Waals surface area contributed by atoms with Gasteiger partial charge in [0.05, 0.1) is 28.5 Å². The van der Waals surface area contributed by atoms with Gasteiger partial charge in [0.2, 0.25) is 0 Å². The molecule has 1 heterocycles. The highest BCUT2D eigenvalue weighted by atomic mass is 35.5. The van der Waals surface area contributed by atoms with E-state index in [1.165, 1.54) is 24.3 Å². The molecule has 4 rings (SSSR count). The average Bonchev–Trinajstić information content (AvgIpc) is 3.25. The summed E-state index contributed by atoms with van der Waals surface area (Å²) >= 11 is 12.1. The highest BCUT2D eigenvalue weighted by molar-refractivity contribution is 6.33. The topological polar surface area (TPSA) is 98.8 Å². The van der Waals surface area contributed by atoms with Crippen LogP contribution in [0.15, 0.2) is 60.7 Å². The summed E-state index contributed by atoms with van der Waals surface area (Å²) < 4.78 is 5.56. The second-order valence-corrected chi connectivity index (χ2v) is 8.69. The first-order valence-electron chi connectivity index (χ1n) is 10.7. The number of benzene rings is 3. The van der Waals surface area contributed by atoms with E-state index in [0.717, 1.165) is 22.6 Å². The van der Waals surface area contributed by atoms with Gasteiger partial charge >= 0.3 is 0 Å². The van der Waals surface area contributed by atoms with Crippen molar-refractivity contribution in [2.45, 2.75) is 31.8 Å². The number of nitrogens with zero attached hydrogens (tertiary/aromatic N) is 3. The molecule has 0 bridgehead atoms. The van der Waals surface area contributed by atoms with Gasteiger partial charge in [-0.15, -0.1) is 0 Å². The third kappa shape index (κ3) is 4.64. The van der Waals surface area contributed by atoms with Crippen LogP contribution in [-0.2, 0) is 0 Å². The fourth-order valence-electron chi connectivity index (χ4n) is 4.46. The van der Waals surface area contributed by atoms with Crippen LogP contribution in [0.4, 0.5) is 17.1 Å². The Morgan fingerprint density at radius 2 is 1.32 bits per heavy atom. The maximum atomic E-state index is 11.5. The van der Waals surface area contributed by atoms with Crippen molar-refractivity contribution < 1.29 is 14.6 Å². The second-order valence-electron chi connectivity index (χ2n) is 7.88. The first kappa shape index (κ1) is 23.8. The number of nitro benzene ring substituents is 2. The summed E-state index contributed by atoms with van der Waals surface area (Å²) in [5.41, 5.74) is 2.05. The molecule has 0 N–H and O–H groups in total. The Labute approximate surface area is 206 Å². The SMILES string of the molecule is CCOc1ccc(N2[C@@H](c3ccc(Cl)c([N+](=O)[O-])c3)CC[C@@H]2c2ccc(Cl)c([N+](=O)[O-])c2)cc1. The third-order valence-corrected chi connectivity index (χ3v) is 6.57. The van der Waals surface area contributed by atoms with Gasteiger partial charge in [-0.1, -0.05) is 35.3 Å². The van der Waals surface area contributed by atoms with E-state index in [1.54, 1.807) is 12.1 Å². The van der Waals surface area contributed by atoms with E-state index in [1.807, 2.05) is 31.2 Å². The first-order chi connectivity index (χ1) is 16.3. The molecule has 1 saturated heterocycles. The summed E-state index contributed by atoms with van der Waals surface area (Å²) in [5.74, 6) is 0.725. The molecule has 3 aromatic rings. The Bertz CT molecular complexity index is 1160. The predicted molar refractivity (Wildman–Crippen MR) is 131 cm³/mol. The maximum absolute atomic E-state index is 11.5. The summed E-state index contributed by atoms with van der Waals surface area (Å²) in [6, 6.07) is 16.8. The van der Waals surface area contributed by atoms with Crippen molar-refractivity contribution in [2.75, 3.05) is 11.5 Å². The smallest absolute Gasteiger partial charge is 0.288 e. The number of hydrogen-bond donors (Lipinski definition) is 0. The molecule has 34 heavy (non-hydrogen) atoms. The van der Waals surface area contributed by atoms with Crippen LogP contribution in [0, 0.1) is 20.2 Å². The van der Waals surface area contributed by atoms with Crippen LogP contribution in [0.1, 0.15) is 43.0 Å². The van der Waals surface area contributed by atoms with Crippen molar-refractivity contribution in [3.05, 3.63) is 102 Å². The number of ether oxygens (including phenoxy) is 1. The zero-order chi connectivity index (χ0) is 24.4. The van der Waals surface area contributed by atoms with E-state index in [4.69, 9.17) is 27.9 Å². The zero-order valence-electron chi connectivity index (χ0n) is 18.2.